The molecule has 2 atom stereocenters. The number of piperidine rings is 1. The number of aromatic nitrogens is 2. The van der Waals surface area contributed by atoms with Crippen LogP contribution in [-0.2, 0) is 13.0 Å². The highest BCUT2D eigenvalue weighted by Crippen LogP contribution is 2.28. The Kier molecular flexibility index (Phi) is 5.76. The van der Waals surface area contributed by atoms with E-state index in [2.05, 4.69) is 49.4 Å². The summed E-state index contributed by atoms with van der Waals surface area (Å²) < 4.78 is 0. The van der Waals surface area contributed by atoms with E-state index in [1.165, 1.54) is 11.1 Å². The summed E-state index contributed by atoms with van der Waals surface area (Å²) in [6.45, 7) is 3.32. The molecule has 2 unspecified atom stereocenters. The Labute approximate surface area is 187 Å². The van der Waals surface area contributed by atoms with Crippen LogP contribution in [0.5, 0.6) is 0 Å². The molecule has 2 aliphatic rings. The fourth-order valence-corrected chi connectivity index (χ4v) is 4.83. The van der Waals surface area contributed by atoms with Crippen molar-refractivity contribution in [2.24, 2.45) is 0 Å². The molecule has 0 spiro atoms. The van der Waals surface area contributed by atoms with Crippen molar-refractivity contribution in [2.45, 2.75) is 31.5 Å². The molecule has 7 heteroatoms. The number of β-amino-alcohol motifs (C(OH)–C–C–N with tert-alkyl or cyclic N) is 1. The first kappa shape index (κ1) is 20.2. The van der Waals surface area contributed by atoms with E-state index in [0.29, 0.717) is 17.4 Å². The molecule has 2 N–H and O–H groups in total. The van der Waals surface area contributed by atoms with Crippen LogP contribution < -0.4 is 10.2 Å². The van der Waals surface area contributed by atoms with Gasteiger partial charge < -0.3 is 15.3 Å². The highest BCUT2D eigenvalue weighted by atomic mass is 35.5. The van der Waals surface area contributed by atoms with Crippen molar-refractivity contribution in [1.82, 2.24) is 14.9 Å². The fourth-order valence-electron chi connectivity index (χ4n) is 4.64. The van der Waals surface area contributed by atoms with E-state index < -0.39 is 6.10 Å². The normalized spacial score (nSPS) is 21.5. The predicted octanol–water partition coefficient (Wildman–Crippen LogP) is 3.87. The van der Waals surface area contributed by atoms with Gasteiger partial charge in [0.2, 0.25) is 0 Å². The van der Waals surface area contributed by atoms with Gasteiger partial charge in [0, 0.05) is 38.3 Å². The molecule has 2 aromatic carbocycles. The third-order valence-corrected chi connectivity index (χ3v) is 6.62. The number of aliphatic hydroxyl groups excluding tert-OH is 1. The zero-order valence-electron chi connectivity index (χ0n) is 17.3. The van der Waals surface area contributed by atoms with Gasteiger partial charge in [0.1, 0.15) is 18.0 Å². The maximum Gasteiger partial charge on any atom is 0.135 e. The summed E-state index contributed by atoms with van der Waals surface area (Å²) in [7, 11) is 0. The lowest BCUT2D eigenvalue weighted by Crippen LogP contribution is -2.55. The number of para-hydroxylation sites is 1. The van der Waals surface area contributed by atoms with Gasteiger partial charge in [-0.25, -0.2) is 9.97 Å². The van der Waals surface area contributed by atoms with Crippen molar-refractivity contribution in [1.29, 1.82) is 0 Å². The number of aliphatic hydroxyl groups is 1. The van der Waals surface area contributed by atoms with Crippen LogP contribution in [0.15, 0.2) is 60.9 Å². The largest absolute Gasteiger partial charge is 0.390 e. The molecular weight excluding hydrogens is 410 g/mol. The smallest absolute Gasteiger partial charge is 0.135 e. The molecule has 1 fully saturated rings. The number of fused-ring (bicyclic) bond motifs is 1. The molecule has 0 radical (unpaired) electrons. The lowest BCUT2D eigenvalue weighted by Gasteiger charge is -2.43. The molecular formula is C24H26ClN5O. The van der Waals surface area contributed by atoms with Gasteiger partial charge in [-0.15, -0.1) is 0 Å². The number of rotatable bonds is 4. The van der Waals surface area contributed by atoms with Gasteiger partial charge in [-0.1, -0.05) is 48.0 Å². The maximum atomic E-state index is 11.0. The van der Waals surface area contributed by atoms with Crippen molar-refractivity contribution in [3.63, 3.8) is 0 Å². The van der Waals surface area contributed by atoms with Gasteiger partial charge in [-0.3, -0.25) is 4.90 Å². The van der Waals surface area contributed by atoms with E-state index in [1.54, 1.807) is 6.33 Å². The molecule has 6 nitrogen and oxygen atoms in total. The van der Waals surface area contributed by atoms with Crippen molar-refractivity contribution in [3.8, 4) is 0 Å². The van der Waals surface area contributed by atoms with Gasteiger partial charge in [-0.05, 0) is 36.1 Å². The molecule has 0 amide bonds. The second-order valence-electron chi connectivity index (χ2n) is 8.22. The number of halogens is 1. The van der Waals surface area contributed by atoms with Crippen LogP contribution in [0.1, 0.15) is 17.5 Å². The van der Waals surface area contributed by atoms with Crippen molar-refractivity contribution in [3.05, 3.63) is 77.1 Å². The fraction of sp³-hybridized carbons (Fsp3) is 0.333. The summed E-state index contributed by atoms with van der Waals surface area (Å²) in [4.78, 5) is 13.3. The molecule has 1 saturated heterocycles. The van der Waals surface area contributed by atoms with Crippen LogP contribution in [0.4, 0.5) is 17.3 Å². The van der Waals surface area contributed by atoms with Crippen LogP contribution in [0.25, 0.3) is 0 Å². The summed E-state index contributed by atoms with van der Waals surface area (Å²) in [6, 6.07) is 18.3. The minimum atomic E-state index is -0.422. The first-order valence-corrected chi connectivity index (χ1v) is 11.1. The lowest BCUT2D eigenvalue weighted by molar-refractivity contribution is 0.0293. The van der Waals surface area contributed by atoms with Crippen molar-refractivity contribution in [2.75, 3.05) is 29.9 Å². The average molecular weight is 436 g/mol. The first-order valence-electron chi connectivity index (χ1n) is 10.7. The van der Waals surface area contributed by atoms with Crippen LogP contribution in [0, 0.1) is 0 Å². The topological polar surface area (TPSA) is 64.5 Å². The number of anilines is 3. The summed E-state index contributed by atoms with van der Waals surface area (Å²) in [5.41, 5.74) is 3.62. The van der Waals surface area contributed by atoms with Gasteiger partial charge in [0.05, 0.1) is 16.8 Å². The van der Waals surface area contributed by atoms with Crippen molar-refractivity contribution < 1.29 is 5.11 Å². The second-order valence-corrected chi connectivity index (χ2v) is 8.63. The van der Waals surface area contributed by atoms with Gasteiger partial charge in [0.15, 0.2) is 0 Å². The monoisotopic (exact) mass is 435 g/mol. The third kappa shape index (κ3) is 4.37. The van der Waals surface area contributed by atoms with E-state index in [1.807, 2.05) is 30.3 Å². The quantitative estimate of drug-likeness (QED) is 0.648. The Balaban J connectivity index is 1.25. The van der Waals surface area contributed by atoms with E-state index in [-0.39, 0.29) is 6.04 Å². The molecule has 3 aromatic rings. The number of hydrogen-bond acceptors (Lipinski definition) is 6. The Morgan fingerprint density at radius 1 is 1.00 bits per heavy atom. The van der Waals surface area contributed by atoms with Crippen molar-refractivity contribution >= 4 is 28.9 Å². The van der Waals surface area contributed by atoms with E-state index >= 15 is 0 Å². The summed E-state index contributed by atoms with van der Waals surface area (Å²) >= 11 is 6.25. The Morgan fingerprint density at radius 2 is 1.81 bits per heavy atom. The van der Waals surface area contributed by atoms with E-state index in [9.17, 15) is 5.11 Å². The lowest BCUT2D eigenvalue weighted by atomic mass is 9.94. The van der Waals surface area contributed by atoms with E-state index in [0.717, 1.165) is 44.0 Å². The minimum Gasteiger partial charge on any atom is -0.390 e. The molecule has 160 valence electrons. The molecule has 1 aromatic heterocycles. The average Bonchev–Trinajstić information content (AvgIpc) is 2.80. The summed E-state index contributed by atoms with van der Waals surface area (Å²) in [5, 5.41) is 14.9. The number of nitrogens with zero attached hydrogens (tertiary/aromatic N) is 4. The molecule has 2 aliphatic heterocycles. The van der Waals surface area contributed by atoms with Gasteiger partial charge >= 0.3 is 0 Å². The summed E-state index contributed by atoms with van der Waals surface area (Å²) in [5.74, 6) is 1.49. The maximum absolute atomic E-state index is 11.0. The zero-order chi connectivity index (χ0) is 21.2. The standard InChI is InChI=1S/C24H26ClN5O/c25-19-7-3-4-8-20(19)28-23-13-24(27-16-26-23)30-12-10-21(22(31)15-30)29-11-9-17-5-1-2-6-18(17)14-29/h1-8,13,16,21-22,31H,9-12,14-15H2,(H,26,27,28). The molecule has 0 saturated carbocycles. The van der Waals surface area contributed by atoms with Gasteiger partial charge in [-0.2, -0.15) is 0 Å². The number of hydrogen-bond donors (Lipinski definition) is 2. The summed E-state index contributed by atoms with van der Waals surface area (Å²) in [6.07, 6.45) is 3.08. The van der Waals surface area contributed by atoms with Crippen LogP contribution in [0.3, 0.4) is 0 Å². The Hall–Kier alpha value is -2.67. The van der Waals surface area contributed by atoms with Crippen LogP contribution in [0.2, 0.25) is 5.02 Å². The Bertz CT molecular complexity index is 1060. The van der Waals surface area contributed by atoms with E-state index in [4.69, 9.17) is 11.6 Å². The number of benzene rings is 2. The SMILES string of the molecule is OC1CN(c2cc(Nc3ccccc3Cl)ncn2)CCC1N1CCc2ccccc2C1. The molecule has 3 heterocycles. The minimum absolute atomic E-state index is 0.173. The van der Waals surface area contributed by atoms with Crippen LogP contribution >= 0.6 is 11.6 Å². The highest BCUT2D eigenvalue weighted by Gasteiger charge is 2.34. The third-order valence-electron chi connectivity index (χ3n) is 6.29. The second kappa shape index (κ2) is 8.83. The van der Waals surface area contributed by atoms with Gasteiger partial charge in [0.25, 0.3) is 0 Å². The number of nitrogens with one attached hydrogen (secondary N) is 1. The molecule has 0 aliphatic carbocycles. The van der Waals surface area contributed by atoms with Crippen LogP contribution in [-0.4, -0.2) is 51.8 Å². The Morgan fingerprint density at radius 3 is 2.65 bits per heavy atom. The molecule has 0 bridgehead atoms. The predicted molar refractivity (Wildman–Crippen MR) is 124 cm³/mol. The highest BCUT2D eigenvalue weighted by molar-refractivity contribution is 6.33. The zero-order valence-corrected chi connectivity index (χ0v) is 18.0. The molecule has 5 rings (SSSR count). The molecule has 31 heavy (non-hydrogen) atoms. The first-order chi connectivity index (χ1) is 15.2.